The van der Waals surface area contributed by atoms with Gasteiger partial charge in [0.1, 0.15) is 5.75 Å². The Bertz CT molecular complexity index is 1030. The van der Waals surface area contributed by atoms with Crippen molar-refractivity contribution in [3.8, 4) is 5.75 Å². The van der Waals surface area contributed by atoms with Gasteiger partial charge in [-0.1, -0.05) is 54.6 Å². The van der Waals surface area contributed by atoms with Gasteiger partial charge >= 0.3 is 0 Å². The number of aldehydes is 1. The molecule has 3 aromatic carbocycles. The monoisotopic (exact) mass is 373 g/mol. The van der Waals surface area contributed by atoms with E-state index in [9.17, 15) is 9.59 Å². The number of aryl methyl sites for hydroxylation is 1. The van der Waals surface area contributed by atoms with Crippen LogP contribution in [-0.4, -0.2) is 30.7 Å². The largest absolute Gasteiger partial charge is 0.483 e. The molecule has 3 aromatic rings. The maximum Gasteiger partial charge on any atom is 0.260 e. The van der Waals surface area contributed by atoms with E-state index in [0.717, 1.165) is 36.3 Å². The number of fused-ring (bicyclic) bond motifs is 2. The topological polar surface area (TPSA) is 46.6 Å². The maximum absolute atomic E-state index is 12.8. The zero-order valence-electron chi connectivity index (χ0n) is 15.9. The van der Waals surface area contributed by atoms with Crippen LogP contribution in [0.3, 0.4) is 0 Å². The molecule has 4 rings (SSSR count). The Hall–Kier alpha value is -3.14. The van der Waals surface area contributed by atoms with Gasteiger partial charge < -0.3 is 9.64 Å². The van der Waals surface area contributed by atoms with Crippen LogP contribution >= 0.6 is 0 Å². The number of carbonyl (C=O) groups is 2. The summed E-state index contributed by atoms with van der Waals surface area (Å²) in [5.74, 6) is 0.353. The molecule has 4 heteroatoms. The Morgan fingerprint density at radius 3 is 2.75 bits per heavy atom. The molecular formula is C24H23NO3. The Kier molecular flexibility index (Phi) is 5.11. The van der Waals surface area contributed by atoms with Crippen molar-refractivity contribution in [1.82, 2.24) is 4.90 Å². The first-order valence-corrected chi connectivity index (χ1v) is 9.62. The van der Waals surface area contributed by atoms with Gasteiger partial charge in [-0.05, 0) is 47.2 Å². The van der Waals surface area contributed by atoms with Crippen LogP contribution in [0, 0.1) is 0 Å². The average Bonchev–Trinajstić information content (AvgIpc) is 2.76. The lowest BCUT2D eigenvalue weighted by atomic mass is 9.87. The van der Waals surface area contributed by atoms with E-state index in [1.807, 2.05) is 49.5 Å². The van der Waals surface area contributed by atoms with Crippen molar-refractivity contribution in [2.24, 2.45) is 0 Å². The summed E-state index contributed by atoms with van der Waals surface area (Å²) in [6.45, 7) is -0.0889. The van der Waals surface area contributed by atoms with Crippen LogP contribution in [-0.2, 0) is 11.2 Å². The summed E-state index contributed by atoms with van der Waals surface area (Å²) in [6, 6.07) is 19.7. The number of rotatable bonds is 5. The Balaban J connectivity index is 1.51. The highest BCUT2D eigenvalue weighted by molar-refractivity contribution is 6.00. The fourth-order valence-electron chi connectivity index (χ4n) is 4.07. The van der Waals surface area contributed by atoms with Gasteiger partial charge in [0.25, 0.3) is 5.91 Å². The second kappa shape index (κ2) is 7.85. The molecule has 28 heavy (non-hydrogen) atoms. The third-order valence-electron chi connectivity index (χ3n) is 5.60. The van der Waals surface area contributed by atoms with Gasteiger partial charge in [-0.3, -0.25) is 9.59 Å². The summed E-state index contributed by atoms with van der Waals surface area (Å²) in [5.41, 5.74) is 3.03. The summed E-state index contributed by atoms with van der Waals surface area (Å²) in [4.78, 5) is 26.2. The predicted octanol–water partition coefficient (Wildman–Crippen LogP) is 4.57. The van der Waals surface area contributed by atoms with Crippen LogP contribution in [0.2, 0.25) is 0 Å². The highest BCUT2D eigenvalue weighted by Crippen LogP contribution is 2.33. The average molecular weight is 373 g/mol. The van der Waals surface area contributed by atoms with E-state index in [2.05, 4.69) is 12.1 Å². The minimum absolute atomic E-state index is 0.0724. The summed E-state index contributed by atoms with van der Waals surface area (Å²) in [7, 11) is 1.83. The van der Waals surface area contributed by atoms with E-state index in [1.54, 1.807) is 11.0 Å². The minimum Gasteiger partial charge on any atom is -0.483 e. The Morgan fingerprint density at radius 2 is 1.89 bits per heavy atom. The van der Waals surface area contributed by atoms with Gasteiger partial charge in [0.15, 0.2) is 12.9 Å². The van der Waals surface area contributed by atoms with E-state index < -0.39 is 0 Å². The Morgan fingerprint density at radius 1 is 1.11 bits per heavy atom. The number of likely N-dealkylation sites (N-methyl/N-ethyl adjacent to an activating group) is 1. The molecule has 0 saturated carbocycles. The molecule has 1 aliphatic rings. The number of benzene rings is 3. The first-order valence-electron chi connectivity index (χ1n) is 9.62. The van der Waals surface area contributed by atoms with E-state index in [0.29, 0.717) is 11.3 Å². The van der Waals surface area contributed by atoms with Crippen molar-refractivity contribution in [1.29, 1.82) is 0 Å². The number of hydrogen-bond donors (Lipinski definition) is 0. The van der Waals surface area contributed by atoms with Crippen LogP contribution in [0.25, 0.3) is 10.8 Å². The molecule has 1 amide bonds. The first kappa shape index (κ1) is 18.2. The SMILES string of the molecule is CN(C(=O)COc1ccc2ccccc2c1C=O)C1CCCc2ccccc21. The van der Waals surface area contributed by atoms with Crippen molar-refractivity contribution in [2.75, 3.05) is 13.7 Å². The van der Waals surface area contributed by atoms with Crippen LogP contribution in [0.4, 0.5) is 0 Å². The van der Waals surface area contributed by atoms with Crippen LogP contribution in [0.15, 0.2) is 60.7 Å². The predicted molar refractivity (Wildman–Crippen MR) is 110 cm³/mol. The van der Waals surface area contributed by atoms with Gasteiger partial charge in [0, 0.05) is 7.05 Å². The molecule has 0 spiro atoms. The number of hydrogen-bond acceptors (Lipinski definition) is 3. The molecule has 1 atom stereocenters. The van der Waals surface area contributed by atoms with Crippen molar-refractivity contribution in [2.45, 2.75) is 25.3 Å². The van der Waals surface area contributed by atoms with Gasteiger partial charge in [-0.2, -0.15) is 0 Å². The molecular weight excluding hydrogens is 350 g/mol. The molecule has 0 aliphatic heterocycles. The molecule has 0 aromatic heterocycles. The zero-order chi connectivity index (χ0) is 19.5. The lowest BCUT2D eigenvalue weighted by Crippen LogP contribution is -2.36. The summed E-state index contributed by atoms with van der Waals surface area (Å²) in [5, 5.41) is 1.80. The molecule has 0 fully saturated rings. The van der Waals surface area contributed by atoms with Crippen molar-refractivity contribution >= 4 is 23.0 Å². The molecule has 1 unspecified atom stereocenters. The highest BCUT2D eigenvalue weighted by atomic mass is 16.5. The van der Waals surface area contributed by atoms with Crippen molar-refractivity contribution in [3.63, 3.8) is 0 Å². The lowest BCUT2D eigenvalue weighted by Gasteiger charge is -2.33. The normalized spacial score (nSPS) is 15.7. The molecule has 0 heterocycles. The van der Waals surface area contributed by atoms with Crippen molar-refractivity contribution < 1.29 is 14.3 Å². The number of carbonyl (C=O) groups excluding carboxylic acids is 2. The highest BCUT2D eigenvalue weighted by Gasteiger charge is 2.26. The number of amides is 1. The van der Waals surface area contributed by atoms with Gasteiger partial charge in [0.2, 0.25) is 0 Å². The fourth-order valence-corrected chi connectivity index (χ4v) is 4.07. The molecule has 0 bridgehead atoms. The smallest absolute Gasteiger partial charge is 0.260 e. The van der Waals surface area contributed by atoms with Gasteiger partial charge in [-0.25, -0.2) is 0 Å². The van der Waals surface area contributed by atoms with E-state index in [4.69, 9.17) is 4.74 Å². The number of ether oxygens (including phenoxy) is 1. The first-order chi connectivity index (χ1) is 13.7. The summed E-state index contributed by atoms with van der Waals surface area (Å²) >= 11 is 0. The number of nitrogens with zero attached hydrogens (tertiary/aromatic N) is 1. The quantitative estimate of drug-likeness (QED) is 0.616. The molecule has 4 nitrogen and oxygen atoms in total. The third-order valence-corrected chi connectivity index (χ3v) is 5.60. The van der Waals surface area contributed by atoms with Crippen LogP contribution < -0.4 is 4.74 Å². The maximum atomic E-state index is 12.8. The Labute approximate surface area is 164 Å². The third kappa shape index (κ3) is 3.38. The lowest BCUT2D eigenvalue weighted by molar-refractivity contribution is -0.134. The van der Waals surface area contributed by atoms with E-state index >= 15 is 0 Å². The van der Waals surface area contributed by atoms with E-state index in [-0.39, 0.29) is 18.6 Å². The standard InChI is InChI=1S/C24H23NO3/c1-25(22-12-6-9-17-7-3-5-11-20(17)22)24(27)16-28-23-14-13-18-8-2-4-10-19(18)21(23)15-26/h2-5,7-8,10-11,13-15,22H,6,9,12,16H2,1H3. The van der Waals surface area contributed by atoms with E-state index in [1.165, 1.54) is 11.1 Å². The van der Waals surface area contributed by atoms with Crippen molar-refractivity contribution in [3.05, 3.63) is 77.4 Å². The minimum atomic E-state index is -0.0910. The summed E-state index contributed by atoms with van der Waals surface area (Å²) in [6.07, 6.45) is 3.88. The van der Waals surface area contributed by atoms with Gasteiger partial charge in [-0.15, -0.1) is 0 Å². The molecule has 0 saturated heterocycles. The zero-order valence-corrected chi connectivity index (χ0v) is 15.9. The molecule has 1 aliphatic carbocycles. The molecule has 0 N–H and O–H groups in total. The van der Waals surface area contributed by atoms with Crippen LogP contribution in [0.5, 0.6) is 5.75 Å². The van der Waals surface area contributed by atoms with Crippen LogP contribution in [0.1, 0.15) is 40.4 Å². The summed E-state index contributed by atoms with van der Waals surface area (Å²) < 4.78 is 5.78. The molecule has 142 valence electrons. The fraction of sp³-hybridized carbons (Fsp3) is 0.250. The molecule has 0 radical (unpaired) electrons. The second-order valence-corrected chi connectivity index (χ2v) is 7.22. The second-order valence-electron chi connectivity index (χ2n) is 7.22. The van der Waals surface area contributed by atoms with Gasteiger partial charge in [0.05, 0.1) is 11.6 Å².